The number of aliphatic hydroxyl groups is 1. The van der Waals surface area contributed by atoms with Crippen molar-refractivity contribution in [1.29, 1.82) is 0 Å². The van der Waals surface area contributed by atoms with Crippen LogP contribution >= 0.6 is 0 Å². The molecular formula is C25H38F2N2O4. The van der Waals surface area contributed by atoms with E-state index in [1.54, 1.807) is 4.90 Å². The molecule has 0 unspecified atom stereocenters. The molecule has 1 amide bonds. The Bertz CT molecular complexity index is 808. The lowest BCUT2D eigenvalue weighted by Crippen LogP contribution is -2.54. The van der Waals surface area contributed by atoms with Gasteiger partial charge < -0.3 is 19.5 Å². The molecule has 1 saturated carbocycles. The van der Waals surface area contributed by atoms with Crippen LogP contribution in [0.2, 0.25) is 0 Å². The van der Waals surface area contributed by atoms with Crippen LogP contribution in [0.3, 0.4) is 0 Å². The van der Waals surface area contributed by atoms with Gasteiger partial charge >= 0.3 is 0 Å². The molecule has 1 N–H and O–H groups in total. The lowest BCUT2D eigenvalue weighted by Gasteiger charge is -2.42. The maximum atomic E-state index is 14.1. The van der Waals surface area contributed by atoms with E-state index in [4.69, 9.17) is 9.47 Å². The lowest BCUT2D eigenvalue weighted by atomic mass is 9.71. The second-order valence-electron chi connectivity index (χ2n) is 10.7. The number of methoxy groups -OCH3 is 1. The second-order valence-corrected chi connectivity index (χ2v) is 10.7. The largest absolute Gasteiger partial charge is 0.487 e. The Morgan fingerprint density at radius 1 is 1.15 bits per heavy atom. The first-order valence-electron chi connectivity index (χ1n) is 11.8. The van der Waals surface area contributed by atoms with Gasteiger partial charge in [-0.25, -0.2) is 4.39 Å². The molecule has 1 aromatic rings. The van der Waals surface area contributed by atoms with Gasteiger partial charge in [-0.2, -0.15) is 4.39 Å². The first-order chi connectivity index (χ1) is 15.5. The summed E-state index contributed by atoms with van der Waals surface area (Å²) in [6.07, 6.45) is 4.31. The van der Waals surface area contributed by atoms with Crippen molar-refractivity contribution in [3.8, 4) is 5.75 Å². The average Bonchev–Trinajstić information content (AvgIpc) is 2.94. The third-order valence-corrected chi connectivity index (χ3v) is 7.11. The van der Waals surface area contributed by atoms with E-state index in [2.05, 4.69) is 25.7 Å². The van der Waals surface area contributed by atoms with E-state index in [-0.39, 0.29) is 36.8 Å². The number of carbonyl (C=O) groups excluding carboxylic acids is 1. The molecule has 0 aromatic heterocycles. The van der Waals surface area contributed by atoms with Crippen LogP contribution in [0.5, 0.6) is 5.75 Å². The van der Waals surface area contributed by atoms with Crippen LogP contribution < -0.4 is 4.74 Å². The van der Waals surface area contributed by atoms with Gasteiger partial charge in [0.1, 0.15) is 18.8 Å². The number of benzene rings is 1. The number of amides is 1. The van der Waals surface area contributed by atoms with E-state index in [1.807, 2.05) is 0 Å². The van der Waals surface area contributed by atoms with E-state index in [1.165, 1.54) is 19.2 Å². The minimum Gasteiger partial charge on any atom is -0.487 e. The highest BCUT2D eigenvalue weighted by molar-refractivity contribution is 5.77. The van der Waals surface area contributed by atoms with Gasteiger partial charge in [0.2, 0.25) is 11.7 Å². The van der Waals surface area contributed by atoms with Crippen molar-refractivity contribution in [3.05, 3.63) is 29.8 Å². The quantitative estimate of drug-likeness (QED) is 0.693. The normalized spacial score (nSPS) is 27.3. The van der Waals surface area contributed by atoms with E-state index in [0.717, 1.165) is 31.7 Å². The standard InChI is InChI=1S/C25H38F2N2O4/c1-24(2,3)18-8-10-19(11-9-18)28-12-13-29(22(30)14-32-4)16-25(31,15-28)17-33-21-7-5-6-20(26)23(21)27/h5-7,18-19,31H,8-17H2,1-4H3/t18?,19?,25-/m1/s1. The minimum atomic E-state index is -1.43. The molecule has 2 fully saturated rings. The Hall–Kier alpha value is -1.77. The summed E-state index contributed by atoms with van der Waals surface area (Å²) in [5, 5.41) is 11.5. The molecule has 0 spiro atoms. The summed E-state index contributed by atoms with van der Waals surface area (Å²) in [6, 6.07) is 4.01. The molecule has 33 heavy (non-hydrogen) atoms. The lowest BCUT2D eigenvalue weighted by molar-refractivity contribution is -0.138. The van der Waals surface area contributed by atoms with Crippen molar-refractivity contribution in [2.45, 2.75) is 58.1 Å². The number of hydrogen-bond acceptors (Lipinski definition) is 5. The first kappa shape index (κ1) is 25.8. The van der Waals surface area contributed by atoms with E-state index in [0.29, 0.717) is 31.6 Å². The average molecular weight is 469 g/mol. The number of ether oxygens (including phenoxy) is 2. The zero-order valence-corrected chi connectivity index (χ0v) is 20.3. The number of β-amino-alcohol motifs (C(OH)–C–C–N with tert-alkyl or cyclic N) is 1. The number of halogens is 2. The van der Waals surface area contributed by atoms with Crippen molar-refractivity contribution in [1.82, 2.24) is 9.80 Å². The molecular weight excluding hydrogens is 430 g/mol. The van der Waals surface area contributed by atoms with Crippen molar-refractivity contribution in [2.24, 2.45) is 11.3 Å². The van der Waals surface area contributed by atoms with Crippen molar-refractivity contribution in [3.63, 3.8) is 0 Å². The highest BCUT2D eigenvalue weighted by Crippen LogP contribution is 2.39. The molecule has 186 valence electrons. The molecule has 0 radical (unpaired) electrons. The van der Waals surface area contributed by atoms with Gasteiger partial charge in [-0.05, 0) is 49.1 Å². The number of carbonyl (C=O) groups is 1. The van der Waals surface area contributed by atoms with Gasteiger partial charge in [-0.1, -0.05) is 26.8 Å². The number of hydrogen-bond donors (Lipinski definition) is 1. The predicted molar refractivity (Wildman–Crippen MR) is 122 cm³/mol. The van der Waals surface area contributed by atoms with Crippen molar-refractivity contribution >= 4 is 5.91 Å². The molecule has 1 heterocycles. The zero-order valence-electron chi connectivity index (χ0n) is 20.3. The van der Waals surface area contributed by atoms with E-state index >= 15 is 0 Å². The Labute approximate surface area is 195 Å². The maximum absolute atomic E-state index is 14.1. The summed E-state index contributed by atoms with van der Waals surface area (Å²) in [5.74, 6) is -1.89. The highest BCUT2D eigenvalue weighted by Gasteiger charge is 2.41. The maximum Gasteiger partial charge on any atom is 0.248 e. The van der Waals surface area contributed by atoms with Crippen LogP contribution in [0, 0.1) is 23.0 Å². The van der Waals surface area contributed by atoms with Gasteiger partial charge in [-0.15, -0.1) is 0 Å². The molecule has 1 aliphatic carbocycles. The summed E-state index contributed by atoms with van der Waals surface area (Å²) in [6.45, 7) is 7.96. The van der Waals surface area contributed by atoms with E-state index < -0.39 is 17.2 Å². The summed E-state index contributed by atoms with van der Waals surface area (Å²) in [4.78, 5) is 16.4. The van der Waals surface area contributed by atoms with Gasteiger partial charge in [0, 0.05) is 32.8 Å². The summed E-state index contributed by atoms with van der Waals surface area (Å²) in [7, 11) is 1.46. The van der Waals surface area contributed by atoms with Crippen LogP contribution in [0.15, 0.2) is 18.2 Å². The molecule has 3 rings (SSSR count). The van der Waals surface area contributed by atoms with Crippen LogP contribution in [0.1, 0.15) is 46.5 Å². The third-order valence-electron chi connectivity index (χ3n) is 7.11. The minimum absolute atomic E-state index is 0.0416. The summed E-state index contributed by atoms with van der Waals surface area (Å²) < 4.78 is 38.2. The van der Waals surface area contributed by atoms with Gasteiger partial charge in [0.05, 0.1) is 6.54 Å². The van der Waals surface area contributed by atoms with Crippen LogP contribution in [-0.4, -0.2) is 79.0 Å². The van der Waals surface area contributed by atoms with Gasteiger partial charge in [0.15, 0.2) is 11.6 Å². The summed E-state index contributed by atoms with van der Waals surface area (Å²) in [5.41, 5.74) is -1.16. The smallest absolute Gasteiger partial charge is 0.248 e. The van der Waals surface area contributed by atoms with Crippen LogP contribution in [0.4, 0.5) is 8.78 Å². The molecule has 1 atom stereocenters. The van der Waals surface area contributed by atoms with Crippen LogP contribution in [-0.2, 0) is 9.53 Å². The SMILES string of the molecule is COCC(=O)N1CCN(C2CCC(C(C)(C)C)CC2)C[C@](O)(COc2cccc(F)c2F)C1. The zero-order chi connectivity index (χ0) is 24.2. The molecule has 6 nitrogen and oxygen atoms in total. The molecule has 1 aromatic carbocycles. The topological polar surface area (TPSA) is 62.2 Å². The molecule has 0 bridgehead atoms. The third kappa shape index (κ3) is 6.64. The fraction of sp³-hybridized carbons (Fsp3) is 0.720. The van der Waals surface area contributed by atoms with E-state index in [9.17, 15) is 18.7 Å². The summed E-state index contributed by atoms with van der Waals surface area (Å²) >= 11 is 0. The van der Waals surface area contributed by atoms with Crippen molar-refractivity contribution < 1.29 is 28.2 Å². The Morgan fingerprint density at radius 3 is 2.48 bits per heavy atom. The Morgan fingerprint density at radius 2 is 1.85 bits per heavy atom. The first-order valence-corrected chi connectivity index (χ1v) is 11.8. The Kier molecular flexibility index (Phi) is 8.35. The van der Waals surface area contributed by atoms with Crippen molar-refractivity contribution in [2.75, 3.05) is 46.5 Å². The molecule has 1 saturated heterocycles. The second kappa shape index (κ2) is 10.7. The molecule has 2 aliphatic rings. The van der Waals surface area contributed by atoms with Gasteiger partial charge in [0.25, 0.3) is 0 Å². The van der Waals surface area contributed by atoms with Gasteiger partial charge in [-0.3, -0.25) is 9.69 Å². The monoisotopic (exact) mass is 468 g/mol. The molecule has 1 aliphatic heterocycles. The van der Waals surface area contributed by atoms with Crippen LogP contribution in [0.25, 0.3) is 0 Å². The number of nitrogens with zero attached hydrogens (tertiary/aromatic N) is 2. The fourth-order valence-corrected chi connectivity index (χ4v) is 5.14. The number of rotatable bonds is 6. The molecule has 8 heteroatoms. The Balaban J connectivity index is 1.74. The highest BCUT2D eigenvalue weighted by atomic mass is 19.2. The predicted octanol–water partition coefficient (Wildman–Crippen LogP) is 3.47. The fourth-order valence-electron chi connectivity index (χ4n) is 5.14.